The summed E-state index contributed by atoms with van der Waals surface area (Å²) in [6.45, 7) is 5.42. The first-order valence-corrected chi connectivity index (χ1v) is 6.71. The molecule has 1 atom stereocenters. The number of hydrogen-bond acceptors (Lipinski definition) is 3. The number of fused-ring (bicyclic) bond motifs is 1. The van der Waals surface area contributed by atoms with Crippen LogP contribution in [0.15, 0.2) is 18.2 Å². The largest absolute Gasteiger partial charge is 0.506 e. The second-order valence-electron chi connectivity index (χ2n) is 5.49. The van der Waals surface area contributed by atoms with Gasteiger partial charge in [0.2, 0.25) is 0 Å². The van der Waals surface area contributed by atoms with Crippen molar-refractivity contribution in [2.45, 2.75) is 33.2 Å². The molecule has 3 rings (SSSR count). The summed E-state index contributed by atoms with van der Waals surface area (Å²) in [6, 6.07) is 5.29. The monoisotopic (exact) mass is 257 g/mol. The van der Waals surface area contributed by atoms with E-state index in [0.29, 0.717) is 11.6 Å². The number of nitrogens with two attached hydrogens (primary N) is 1. The summed E-state index contributed by atoms with van der Waals surface area (Å²) in [5, 5.41) is 9.51. The highest BCUT2D eigenvalue weighted by atomic mass is 16.3. The fourth-order valence-corrected chi connectivity index (χ4v) is 2.78. The lowest BCUT2D eigenvalue weighted by molar-refractivity contribution is 0.405. The number of rotatable bonds is 1. The summed E-state index contributed by atoms with van der Waals surface area (Å²) < 4.78 is 2.30. The van der Waals surface area contributed by atoms with Gasteiger partial charge >= 0.3 is 0 Å². The minimum Gasteiger partial charge on any atom is -0.506 e. The Morgan fingerprint density at radius 3 is 2.95 bits per heavy atom. The zero-order valence-electron chi connectivity index (χ0n) is 11.3. The SMILES string of the molecule is Cc1c(-c2ccc(O)c(N)c2)nc2n1CCC(C)C2. The van der Waals surface area contributed by atoms with Crippen molar-refractivity contribution in [2.24, 2.45) is 5.92 Å². The van der Waals surface area contributed by atoms with Crippen molar-refractivity contribution in [2.75, 3.05) is 5.73 Å². The van der Waals surface area contributed by atoms with Crippen LogP contribution in [-0.2, 0) is 13.0 Å². The van der Waals surface area contributed by atoms with Crippen LogP contribution in [0.3, 0.4) is 0 Å². The Bertz CT molecular complexity index is 631. The average Bonchev–Trinajstić information content (AvgIpc) is 2.70. The van der Waals surface area contributed by atoms with E-state index in [4.69, 9.17) is 10.7 Å². The number of phenols is 1. The molecular weight excluding hydrogens is 238 g/mol. The van der Waals surface area contributed by atoms with E-state index in [1.54, 1.807) is 12.1 Å². The first kappa shape index (κ1) is 12.1. The van der Waals surface area contributed by atoms with Crippen molar-refractivity contribution < 1.29 is 5.11 Å². The maximum atomic E-state index is 9.51. The summed E-state index contributed by atoms with van der Waals surface area (Å²) in [7, 11) is 0. The summed E-state index contributed by atoms with van der Waals surface area (Å²) >= 11 is 0. The molecule has 2 aromatic rings. The molecule has 0 amide bonds. The highest BCUT2D eigenvalue weighted by Gasteiger charge is 2.21. The molecular formula is C15H19N3O. The second kappa shape index (κ2) is 4.30. The third-order valence-corrected chi connectivity index (χ3v) is 3.98. The molecule has 0 spiro atoms. The van der Waals surface area contributed by atoms with Crippen molar-refractivity contribution in [3.63, 3.8) is 0 Å². The quantitative estimate of drug-likeness (QED) is 0.610. The smallest absolute Gasteiger partial charge is 0.138 e. The Balaban J connectivity index is 2.08. The lowest BCUT2D eigenvalue weighted by atomic mass is 10.0. The second-order valence-corrected chi connectivity index (χ2v) is 5.49. The van der Waals surface area contributed by atoms with E-state index in [-0.39, 0.29) is 5.75 Å². The van der Waals surface area contributed by atoms with Crippen LogP contribution >= 0.6 is 0 Å². The number of imidazole rings is 1. The molecule has 2 heterocycles. The van der Waals surface area contributed by atoms with Crippen LogP contribution in [-0.4, -0.2) is 14.7 Å². The third kappa shape index (κ3) is 1.97. The van der Waals surface area contributed by atoms with E-state index in [1.807, 2.05) is 6.07 Å². The van der Waals surface area contributed by atoms with Crippen molar-refractivity contribution in [3.8, 4) is 17.0 Å². The molecule has 0 fully saturated rings. The first-order valence-electron chi connectivity index (χ1n) is 6.71. The summed E-state index contributed by atoms with van der Waals surface area (Å²) in [5.74, 6) is 1.99. The van der Waals surface area contributed by atoms with Gasteiger partial charge < -0.3 is 15.4 Å². The number of hydrogen-bond donors (Lipinski definition) is 2. The van der Waals surface area contributed by atoms with Gasteiger partial charge in [-0.15, -0.1) is 0 Å². The molecule has 1 unspecified atom stereocenters. The highest BCUT2D eigenvalue weighted by Crippen LogP contribution is 2.31. The van der Waals surface area contributed by atoms with E-state index in [1.165, 1.54) is 12.1 Å². The van der Waals surface area contributed by atoms with Gasteiger partial charge in [-0.1, -0.05) is 6.92 Å². The molecule has 0 saturated heterocycles. The highest BCUT2D eigenvalue weighted by molar-refractivity contribution is 5.69. The number of phenolic OH excluding ortho intramolecular Hbond substituents is 1. The van der Waals surface area contributed by atoms with Crippen LogP contribution < -0.4 is 5.73 Å². The maximum Gasteiger partial charge on any atom is 0.138 e. The number of anilines is 1. The Morgan fingerprint density at radius 2 is 2.21 bits per heavy atom. The van der Waals surface area contributed by atoms with Gasteiger partial charge in [0.15, 0.2) is 0 Å². The number of benzene rings is 1. The maximum absolute atomic E-state index is 9.51. The molecule has 0 saturated carbocycles. The number of aromatic hydroxyl groups is 1. The number of nitrogen functional groups attached to an aromatic ring is 1. The molecule has 4 nitrogen and oxygen atoms in total. The van der Waals surface area contributed by atoms with Crippen molar-refractivity contribution >= 4 is 5.69 Å². The van der Waals surface area contributed by atoms with Gasteiger partial charge in [0.25, 0.3) is 0 Å². The molecule has 4 heteroatoms. The minimum atomic E-state index is 0.124. The van der Waals surface area contributed by atoms with E-state index in [2.05, 4.69) is 18.4 Å². The normalized spacial score (nSPS) is 18.3. The Hall–Kier alpha value is -1.97. The Kier molecular flexibility index (Phi) is 2.73. The molecule has 1 aromatic carbocycles. The molecule has 1 aromatic heterocycles. The van der Waals surface area contributed by atoms with Crippen LogP contribution in [0, 0.1) is 12.8 Å². The van der Waals surface area contributed by atoms with E-state index in [0.717, 1.165) is 30.0 Å². The average molecular weight is 257 g/mol. The van der Waals surface area contributed by atoms with Crippen molar-refractivity contribution in [3.05, 3.63) is 29.7 Å². The van der Waals surface area contributed by atoms with Gasteiger partial charge in [-0.25, -0.2) is 4.98 Å². The summed E-state index contributed by atoms with van der Waals surface area (Å²) in [6.07, 6.45) is 2.25. The molecule has 3 N–H and O–H groups in total. The standard InChI is InChI=1S/C15H19N3O/c1-9-5-6-18-10(2)15(17-14(18)7-9)11-3-4-13(19)12(16)8-11/h3-4,8-9,19H,5-7,16H2,1-2H3. The molecule has 0 radical (unpaired) electrons. The van der Waals surface area contributed by atoms with Gasteiger partial charge in [-0.3, -0.25) is 0 Å². The zero-order chi connectivity index (χ0) is 13.6. The molecule has 1 aliphatic heterocycles. The molecule has 100 valence electrons. The minimum absolute atomic E-state index is 0.124. The Morgan fingerprint density at radius 1 is 1.42 bits per heavy atom. The fraction of sp³-hybridized carbons (Fsp3) is 0.400. The van der Waals surface area contributed by atoms with E-state index in [9.17, 15) is 5.11 Å². The van der Waals surface area contributed by atoms with Crippen LogP contribution in [0.4, 0.5) is 5.69 Å². The van der Waals surface area contributed by atoms with Crippen molar-refractivity contribution in [1.29, 1.82) is 0 Å². The van der Waals surface area contributed by atoms with Gasteiger partial charge in [0, 0.05) is 24.2 Å². The summed E-state index contributed by atoms with van der Waals surface area (Å²) in [4.78, 5) is 4.77. The lowest BCUT2D eigenvalue weighted by Crippen LogP contribution is -2.17. The molecule has 0 aliphatic carbocycles. The van der Waals surface area contributed by atoms with Gasteiger partial charge in [0.05, 0.1) is 11.4 Å². The van der Waals surface area contributed by atoms with Gasteiger partial charge in [-0.05, 0) is 37.5 Å². The third-order valence-electron chi connectivity index (χ3n) is 3.98. The van der Waals surface area contributed by atoms with Crippen LogP contribution in [0.5, 0.6) is 5.75 Å². The van der Waals surface area contributed by atoms with E-state index < -0.39 is 0 Å². The van der Waals surface area contributed by atoms with Gasteiger partial charge in [0.1, 0.15) is 11.6 Å². The summed E-state index contributed by atoms with van der Waals surface area (Å²) in [5.41, 5.74) is 9.31. The van der Waals surface area contributed by atoms with Crippen LogP contribution in [0.1, 0.15) is 24.9 Å². The topological polar surface area (TPSA) is 64.1 Å². The molecule has 0 bridgehead atoms. The van der Waals surface area contributed by atoms with Crippen LogP contribution in [0.25, 0.3) is 11.3 Å². The van der Waals surface area contributed by atoms with Gasteiger partial charge in [-0.2, -0.15) is 0 Å². The molecule has 19 heavy (non-hydrogen) atoms. The predicted octanol–water partition coefficient (Wildman–Crippen LogP) is 2.73. The first-order chi connectivity index (χ1) is 9.06. The lowest BCUT2D eigenvalue weighted by Gasteiger charge is -2.20. The number of aromatic nitrogens is 2. The zero-order valence-corrected chi connectivity index (χ0v) is 11.3. The molecule has 1 aliphatic rings. The fourth-order valence-electron chi connectivity index (χ4n) is 2.78. The predicted molar refractivity (Wildman–Crippen MR) is 76.0 cm³/mol. The van der Waals surface area contributed by atoms with Crippen LogP contribution in [0.2, 0.25) is 0 Å². The van der Waals surface area contributed by atoms with Crippen molar-refractivity contribution in [1.82, 2.24) is 9.55 Å². The Labute approximate surface area is 112 Å². The van der Waals surface area contributed by atoms with E-state index >= 15 is 0 Å². The number of nitrogens with zero attached hydrogens (tertiary/aromatic N) is 2.